The van der Waals surface area contributed by atoms with E-state index in [1.54, 1.807) is 0 Å². The molecule has 1 aliphatic heterocycles. The molecule has 3 rings (SSSR count). The Balaban J connectivity index is 2.20. The highest BCUT2D eigenvalue weighted by atomic mass is 32.2. The summed E-state index contributed by atoms with van der Waals surface area (Å²) in [6.45, 7) is 0.363. The third-order valence-corrected chi connectivity index (χ3v) is 4.17. The average Bonchev–Trinajstić information content (AvgIpc) is 2.73. The molecule has 0 aromatic heterocycles. The second kappa shape index (κ2) is 6.20. The van der Waals surface area contributed by atoms with Gasteiger partial charge in [0.1, 0.15) is 0 Å². The summed E-state index contributed by atoms with van der Waals surface area (Å²) in [7, 11) is 0. The molecular weight excluding hydrogens is 321 g/mol. The molecular formula is C17H13F3N2S. The molecule has 0 saturated carbocycles. The van der Waals surface area contributed by atoms with Gasteiger partial charge in [0.05, 0.1) is 28.6 Å². The van der Waals surface area contributed by atoms with Crippen LogP contribution in [0.4, 0.5) is 18.9 Å². The third-order valence-electron chi connectivity index (χ3n) is 3.48. The van der Waals surface area contributed by atoms with Gasteiger partial charge in [-0.15, -0.1) is 11.8 Å². The molecule has 23 heavy (non-hydrogen) atoms. The molecule has 6 heteroatoms. The minimum atomic E-state index is -4.39. The Kier molecular flexibility index (Phi) is 4.26. The first-order chi connectivity index (χ1) is 11.0. The summed E-state index contributed by atoms with van der Waals surface area (Å²) in [5.74, 6) is 0. The molecule has 0 unspecified atom stereocenters. The lowest BCUT2D eigenvalue weighted by Crippen LogP contribution is -2.09. The van der Waals surface area contributed by atoms with E-state index in [4.69, 9.17) is 0 Å². The van der Waals surface area contributed by atoms with E-state index in [-0.39, 0.29) is 0 Å². The molecule has 2 aromatic carbocycles. The van der Waals surface area contributed by atoms with Gasteiger partial charge >= 0.3 is 6.18 Å². The predicted octanol–water partition coefficient (Wildman–Crippen LogP) is 4.95. The summed E-state index contributed by atoms with van der Waals surface area (Å²) >= 11 is 1.45. The highest BCUT2D eigenvalue weighted by molar-refractivity contribution is 8.13. The molecule has 0 fully saturated rings. The molecule has 0 atom stereocenters. The molecule has 0 bridgehead atoms. The summed E-state index contributed by atoms with van der Waals surface area (Å²) in [4.78, 5) is 8.96. The van der Waals surface area contributed by atoms with Crippen LogP contribution in [0.25, 0.3) is 0 Å². The maximum atomic E-state index is 13.1. The number of fused-ring (bicyclic) bond motifs is 1. The number of hydrogen-bond donors (Lipinski definition) is 0. The zero-order valence-corrected chi connectivity index (χ0v) is 13.1. The second-order valence-electron chi connectivity index (χ2n) is 4.97. The van der Waals surface area contributed by atoms with E-state index in [0.29, 0.717) is 23.5 Å². The van der Waals surface area contributed by atoms with Crippen molar-refractivity contribution in [3.05, 3.63) is 65.2 Å². The fourth-order valence-corrected chi connectivity index (χ4v) is 2.74. The van der Waals surface area contributed by atoms with Gasteiger partial charge in [0.2, 0.25) is 0 Å². The predicted molar refractivity (Wildman–Crippen MR) is 89.0 cm³/mol. The summed E-state index contributed by atoms with van der Waals surface area (Å²) in [6, 6.07) is 12.8. The summed E-state index contributed by atoms with van der Waals surface area (Å²) in [5.41, 5.74) is 1.56. The molecule has 0 saturated heterocycles. The number of halogens is 3. The van der Waals surface area contributed by atoms with Gasteiger partial charge in [0.15, 0.2) is 0 Å². The van der Waals surface area contributed by atoms with Gasteiger partial charge in [-0.3, -0.25) is 4.99 Å². The smallest absolute Gasteiger partial charge is 0.277 e. The summed E-state index contributed by atoms with van der Waals surface area (Å²) in [6.07, 6.45) is -2.51. The van der Waals surface area contributed by atoms with Gasteiger partial charge in [-0.05, 0) is 24.5 Å². The fraction of sp³-hybridized carbons (Fsp3) is 0.176. The van der Waals surface area contributed by atoms with Crippen molar-refractivity contribution in [1.29, 1.82) is 0 Å². The van der Waals surface area contributed by atoms with Gasteiger partial charge in [0, 0.05) is 11.1 Å². The van der Waals surface area contributed by atoms with Gasteiger partial charge < -0.3 is 0 Å². The van der Waals surface area contributed by atoms with Gasteiger partial charge in [0.25, 0.3) is 0 Å². The van der Waals surface area contributed by atoms with Crippen LogP contribution in [-0.2, 0) is 6.18 Å². The first-order valence-corrected chi connectivity index (χ1v) is 8.14. The lowest BCUT2D eigenvalue weighted by molar-refractivity contribution is -0.137. The first kappa shape index (κ1) is 15.8. The van der Waals surface area contributed by atoms with Crippen LogP contribution in [0, 0.1) is 0 Å². The molecule has 1 aliphatic rings. The van der Waals surface area contributed by atoms with Crippen LogP contribution < -0.4 is 0 Å². The number of hydrogen-bond acceptors (Lipinski definition) is 3. The molecule has 0 amide bonds. The highest BCUT2D eigenvalue weighted by Gasteiger charge is 2.32. The fourth-order valence-electron chi connectivity index (χ4n) is 2.35. The molecule has 118 valence electrons. The normalized spacial score (nSPS) is 14.6. The minimum Gasteiger partial charge on any atom is -0.277 e. The van der Waals surface area contributed by atoms with Crippen molar-refractivity contribution < 1.29 is 13.2 Å². The molecule has 0 spiro atoms. The van der Waals surface area contributed by atoms with E-state index in [0.717, 1.165) is 22.7 Å². The van der Waals surface area contributed by atoms with E-state index in [9.17, 15) is 13.2 Å². The van der Waals surface area contributed by atoms with Crippen molar-refractivity contribution in [2.24, 2.45) is 9.98 Å². The minimum absolute atomic E-state index is 0.363. The van der Waals surface area contributed by atoms with E-state index in [1.165, 1.54) is 17.8 Å². The first-order valence-electron chi connectivity index (χ1n) is 6.92. The lowest BCUT2D eigenvalue weighted by Gasteiger charge is -2.12. The Morgan fingerprint density at radius 1 is 1.04 bits per heavy atom. The molecule has 1 heterocycles. The number of alkyl halides is 3. The van der Waals surface area contributed by atoms with Crippen molar-refractivity contribution in [3.8, 4) is 0 Å². The maximum Gasteiger partial charge on any atom is 0.416 e. The number of rotatable bonds is 1. The average molecular weight is 334 g/mol. The second-order valence-corrected chi connectivity index (χ2v) is 5.85. The molecule has 2 aromatic rings. The highest BCUT2D eigenvalue weighted by Crippen LogP contribution is 2.35. The molecule has 2 nitrogen and oxygen atoms in total. The van der Waals surface area contributed by atoms with Crippen molar-refractivity contribution in [1.82, 2.24) is 0 Å². The molecule has 0 radical (unpaired) electrons. The maximum absolute atomic E-state index is 13.1. The van der Waals surface area contributed by atoms with Crippen LogP contribution >= 0.6 is 11.8 Å². The Labute approximate surface area is 136 Å². The topological polar surface area (TPSA) is 24.7 Å². The number of nitrogens with zero attached hydrogens (tertiary/aromatic N) is 2. The van der Waals surface area contributed by atoms with E-state index >= 15 is 0 Å². The van der Waals surface area contributed by atoms with E-state index < -0.39 is 11.7 Å². The van der Waals surface area contributed by atoms with E-state index in [1.807, 2.05) is 36.6 Å². The van der Waals surface area contributed by atoms with Crippen LogP contribution in [0.15, 0.2) is 58.5 Å². The molecule has 0 aliphatic carbocycles. The monoisotopic (exact) mass is 334 g/mol. The lowest BCUT2D eigenvalue weighted by atomic mass is 9.98. The van der Waals surface area contributed by atoms with E-state index in [2.05, 4.69) is 9.98 Å². The number of thioether (sulfide) groups is 1. The van der Waals surface area contributed by atoms with Crippen molar-refractivity contribution in [2.75, 3.05) is 12.8 Å². The quantitative estimate of drug-likeness (QED) is 0.724. The van der Waals surface area contributed by atoms with Crippen molar-refractivity contribution >= 4 is 28.2 Å². The largest absolute Gasteiger partial charge is 0.416 e. The Morgan fingerprint density at radius 3 is 2.43 bits per heavy atom. The van der Waals surface area contributed by atoms with Gasteiger partial charge in [-0.1, -0.05) is 30.3 Å². The Hall–Kier alpha value is -2.08. The van der Waals surface area contributed by atoms with Crippen LogP contribution in [-0.4, -0.2) is 23.6 Å². The Bertz CT molecular complexity index is 780. The van der Waals surface area contributed by atoms with Crippen LogP contribution in [0.5, 0.6) is 0 Å². The standard InChI is InChI=1S/C17H13F3N2S/c1-23-15-10-21-16(11-5-3-2-4-6-11)13-9-12(17(18,19)20)7-8-14(13)22-15/h2-9H,10H2,1H3. The van der Waals surface area contributed by atoms with Crippen molar-refractivity contribution in [3.63, 3.8) is 0 Å². The number of benzene rings is 2. The summed E-state index contributed by atoms with van der Waals surface area (Å²) < 4.78 is 39.2. The molecule has 0 N–H and O–H groups in total. The third kappa shape index (κ3) is 3.32. The van der Waals surface area contributed by atoms with Gasteiger partial charge in [-0.25, -0.2) is 4.99 Å². The van der Waals surface area contributed by atoms with Crippen LogP contribution in [0.1, 0.15) is 16.7 Å². The zero-order valence-electron chi connectivity index (χ0n) is 12.3. The van der Waals surface area contributed by atoms with Gasteiger partial charge in [-0.2, -0.15) is 13.2 Å². The SMILES string of the molecule is CSC1=Nc2ccc(C(F)(F)F)cc2C(c2ccccc2)=NC1. The van der Waals surface area contributed by atoms with Crippen LogP contribution in [0.2, 0.25) is 0 Å². The van der Waals surface area contributed by atoms with Crippen LogP contribution in [0.3, 0.4) is 0 Å². The zero-order chi connectivity index (χ0) is 16.4. The Morgan fingerprint density at radius 2 is 1.78 bits per heavy atom. The number of aliphatic imine (C=N–C) groups is 2. The van der Waals surface area contributed by atoms with Crippen molar-refractivity contribution in [2.45, 2.75) is 6.18 Å². The summed E-state index contributed by atoms with van der Waals surface area (Å²) in [5, 5.41) is 0.775.